The van der Waals surface area contributed by atoms with Crippen molar-refractivity contribution < 1.29 is 8.78 Å². The van der Waals surface area contributed by atoms with E-state index in [1.807, 2.05) is 24.3 Å². The van der Waals surface area contributed by atoms with Gasteiger partial charge in [0.25, 0.3) is 0 Å². The monoisotopic (exact) mass is 334 g/mol. The lowest BCUT2D eigenvalue weighted by atomic mass is 9.97. The minimum Gasteiger partial charge on any atom is -0.373 e. The van der Waals surface area contributed by atoms with E-state index in [0.717, 1.165) is 39.9 Å². The molecule has 0 fully saturated rings. The second-order valence-corrected chi connectivity index (χ2v) is 6.01. The molecule has 4 nitrogen and oxygen atoms in total. The number of anilines is 1. The second kappa shape index (κ2) is 5.11. The summed E-state index contributed by atoms with van der Waals surface area (Å²) in [6, 6.07) is 10.7. The van der Waals surface area contributed by atoms with E-state index in [2.05, 4.69) is 20.5 Å². The first-order chi connectivity index (χ1) is 12.2. The topological polar surface area (TPSA) is 53.6 Å². The Morgan fingerprint density at radius 3 is 2.76 bits per heavy atom. The van der Waals surface area contributed by atoms with Gasteiger partial charge in [-0.2, -0.15) is 5.10 Å². The zero-order valence-corrected chi connectivity index (χ0v) is 12.9. The Balaban J connectivity index is 1.86. The van der Waals surface area contributed by atoms with Crippen LogP contribution in [0.2, 0.25) is 0 Å². The number of aromatic nitrogens is 3. The van der Waals surface area contributed by atoms with Crippen molar-refractivity contribution in [2.24, 2.45) is 0 Å². The molecule has 4 aromatic rings. The molecule has 0 radical (unpaired) electrons. The van der Waals surface area contributed by atoms with E-state index in [1.54, 1.807) is 12.4 Å². The minimum absolute atomic E-state index is 0.250. The van der Waals surface area contributed by atoms with Crippen LogP contribution in [0, 0.1) is 11.6 Å². The van der Waals surface area contributed by atoms with Crippen molar-refractivity contribution in [1.29, 1.82) is 0 Å². The van der Waals surface area contributed by atoms with Gasteiger partial charge in [-0.25, -0.2) is 8.78 Å². The number of para-hydroxylation sites is 1. The number of fused-ring (bicyclic) bond motifs is 2. The Bertz CT molecular complexity index is 1120. The molecule has 25 heavy (non-hydrogen) atoms. The van der Waals surface area contributed by atoms with Crippen molar-refractivity contribution in [1.82, 2.24) is 15.2 Å². The highest BCUT2D eigenvalue weighted by Gasteiger charge is 2.28. The van der Waals surface area contributed by atoms with Crippen LogP contribution in [0.25, 0.3) is 22.2 Å². The summed E-state index contributed by atoms with van der Waals surface area (Å²) in [5.41, 5.74) is 4.36. The van der Waals surface area contributed by atoms with Crippen LogP contribution >= 0.6 is 0 Å². The number of benzene rings is 2. The molecule has 2 N–H and O–H groups in total. The molecular formula is C19H12F2N4. The summed E-state index contributed by atoms with van der Waals surface area (Å²) in [6.45, 7) is 0. The molecule has 1 aliphatic heterocycles. The van der Waals surface area contributed by atoms with E-state index < -0.39 is 17.7 Å². The smallest absolute Gasteiger partial charge is 0.160 e. The third-order valence-electron chi connectivity index (χ3n) is 4.60. The SMILES string of the molecule is Fc1ccc(F)c(C2Nc3ccccc3-c3cnnc4[nH]cc2c34)c1. The van der Waals surface area contributed by atoms with E-state index in [4.69, 9.17) is 0 Å². The van der Waals surface area contributed by atoms with Gasteiger partial charge in [0, 0.05) is 39.5 Å². The summed E-state index contributed by atoms with van der Waals surface area (Å²) in [5.74, 6) is -0.938. The first kappa shape index (κ1) is 14.1. The Morgan fingerprint density at radius 1 is 0.960 bits per heavy atom. The van der Waals surface area contributed by atoms with Crippen LogP contribution in [-0.2, 0) is 0 Å². The Morgan fingerprint density at radius 2 is 1.84 bits per heavy atom. The standard InChI is InChI=1S/C19H12F2N4/c20-10-5-6-15(21)12(7-10)18-14-8-22-19-17(14)13(9-23-25-19)11-3-1-2-4-16(11)24-18/h1-9,18,24H,(H,22,25). The molecule has 2 aromatic heterocycles. The molecule has 1 atom stereocenters. The van der Waals surface area contributed by atoms with Crippen LogP contribution in [0.3, 0.4) is 0 Å². The lowest BCUT2D eigenvalue weighted by molar-refractivity contribution is 0.581. The van der Waals surface area contributed by atoms with Gasteiger partial charge in [-0.3, -0.25) is 0 Å². The maximum atomic E-state index is 14.5. The normalized spacial score (nSPS) is 15.5. The number of hydrogen-bond acceptors (Lipinski definition) is 3. The highest BCUT2D eigenvalue weighted by atomic mass is 19.1. The number of aromatic amines is 1. The van der Waals surface area contributed by atoms with Crippen molar-refractivity contribution in [3.05, 3.63) is 77.6 Å². The summed E-state index contributed by atoms with van der Waals surface area (Å²) < 4.78 is 28.3. The summed E-state index contributed by atoms with van der Waals surface area (Å²) >= 11 is 0. The van der Waals surface area contributed by atoms with Crippen molar-refractivity contribution in [3.63, 3.8) is 0 Å². The summed E-state index contributed by atoms with van der Waals surface area (Å²) in [6.07, 6.45) is 3.47. The Kier molecular flexibility index (Phi) is 2.88. The predicted molar refractivity (Wildman–Crippen MR) is 91.1 cm³/mol. The summed E-state index contributed by atoms with van der Waals surface area (Å²) in [5, 5.41) is 12.4. The summed E-state index contributed by atoms with van der Waals surface area (Å²) in [7, 11) is 0. The number of nitrogens with one attached hydrogen (secondary N) is 2. The number of H-pyrrole nitrogens is 1. The third-order valence-corrected chi connectivity index (χ3v) is 4.60. The van der Waals surface area contributed by atoms with Crippen LogP contribution in [0.4, 0.5) is 14.5 Å². The van der Waals surface area contributed by atoms with E-state index >= 15 is 0 Å². The number of rotatable bonds is 1. The van der Waals surface area contributed by atoms with E-state index in [0.29, 0.717) is 5.65 Å². The lowest BCUT2D eigenvalue weighted by Gasteiger charge is -2.20. The second-order valence-electron chi connectivity index (χ2n) is 6.01. The fraction of sp³-hybridized carbons (Fsp3) is 0.0526. The maximum absolute atomic E-state index is 14.5. The highest BCUT2D eigenvalue weighted by molar-refractivity contribution is 6.00. The Hall–Kier alpha value is -3.28. The average Bonchev–Trinajstić information content (AvgIpc) is 3.00. The first-order valence-electron chi connectivity index (χ1n) is 7.86. The average molecular weight is 334 g/mol. The number of hydrogen-bond donors (Lipinski definition) is 2. The van der Waals surface area contributed by atoms with Gasteiger partial charge in [-0.05, 0) is 24.3 Å². The summed E-state index contributed by atoms with van der Waals surface area (Å²) in [4.78, 5) is 3.08. The van der Waals surface area contributed by atoms with Crippen molar-refractivity contribution >= 4 is 16.7 Å². The molecule has 5 rings (SSSR count). The van der Waals surface area contributed by atoms with Gasteiger partial charge in [0.15, 0.2) is 5.65 Å². The van der Waals surface area contributed by atoms with Gasteiger partial charge >= 0.3 is 0 Å². The highest BCUT2D eigenvalue weighted by Crippen LogP contribution is 2.43. The van der Waals surface area contributed by atoms with E-state index in [9.17, 15) is 8.78 Å². The number of nitrogens with zero attached hydrogens (tertiary/aromatic N) is 2. The van der Waals surface area contributed by atoms with Crippen LogP contribution in [-0.4, -0.2) is 15.2 Å². The molecule has 1 aliphatic rings. The molecule has 0 saturated carbocycles. The molecule has 0 aliphatic carbocycles. The van der Waals surface area contributed by atoms with Gasteiger partial charge in [-0.15, -0.1) is 5.10 Å². The van der Waals surface area contributed by atoms with Gasteiger partial charge in [0.1, 0.15) is 11.6 Å². The molecule has 0 spiro atoms. The molecule has 122 valence electrons. The molecule has 3 heterocycles. The largest absolute Gasteiger partial charge is 0.373 e. The molecule has 0 bridgehead atoms. The van der Waals surface area contributed by atoms with Crippen molar-refractivity contribution in [3.8, 4) is 11.1 Å². The quantitative estimate of drug-likeness (QED) is 0.542. The molecule has 6 heteroatoms. The predicted octanol–water partition coefficient (Wildman–Crippen LogP) is 4.42. The minimum atomic E-state index is -0.545. The van der Waals surface area contributed by atoms with Crippen LogP contribution < -0.4 is 5.32 Å². The first-order valence-corrected chi connectivity index (χ1v) is 7.86. The molecule has 0 amide bonds. The zero-order chi connectivity index (χ0) is 17.0. The van der Waals surface area contributed by atoms with Crippen LogP contribution in [0.5, 0.6) is 0 Å². The fourth-order valence-corrected chi connectivity index (χ4v) is 3.49. The van der Waals surface area contributed by atoms with Gasteiger partial charge in [0.2, 0.25) is 0 Å². The number of halogens is 2. The Labute approximate surface area is 141 Å². The van der Waals surface area contributed by atoms with E-state index in [-0.39, 0.29) is 5.56 Å². The van der Waals surface area contributed by atoms with Crippen molar-refractivity contribution in [2.45, 2.75) is 6.04 Å². The molecule has 1 unspecified atom stereocenters. The van der Waals surface area contributed by atoms with Crippen LogP contribution in [0.1, 0.15) is 17.2 Å². The van der Waals surface area contributed by atoms with E-state index in [1.165, 1.54) is 6.07 Å². The molecular weight excluding hydrogens is 322 g/mol. The fourth-order valence-electron chi connectivity index (χ4n) is 3.49. The van der Waals surface area contributed by atoms with Crippen molar-refractivity contribution in [2.75, 3.05) is 5.32 Å². The van der Waals surface area contributed by atoms with Gasteiger partial charge in [0.05, 0.1) is 12.2 Å². The zero-order valence-electron chi connectivity index (χ0n) is 12.9. The van der Waals surface area contributed by atoms with Gasteiger partial charge in [-0.1, -0.05) is 18.2 Å². The van der Waals surface area contributed by atoms with Crippen LogP contribution in [0.15, 0.2) is 54.9 Å². The third kappa shape index (κ3) is 2.04. The lowest BCUT2D eigenvalue weighted by Crippen LogP contribution is -2.13. The molecule has 0 saturated heterocycles. The molecule has 2 aromatic carbocycles. The van der Waals surface area contributed by atoms with Gasteiger partial charge < -0.3 is 10.3 Å². The maximum Gasteiger partial charge on any atom is 0.160 e.